The van der Waals surface area contributed by atoms with Crippen LogP contribution in [0.3, 0.4) is 0 Å². The van der Waals surface area contributed by atoms with E-state index in [1.54, 1.807) is 18.3 Å². The number of nitrogens with zero attached hydrogens (tertiary/aromatic N) is 2. The number of primary sulfonamides is 1. The highest BCUT2D eigenvalue weighted by atomic mass is 79.9. The molecule has 2 rings (SSSR count). The van der Waals surface area contributed by atoms with Crippen LogP contribution in [0.4, 0.5) is 17.5 Å². The number of rotatable bonds is 13. The number of halogens is 1. The number of anilines is 3. The number of amides is 1. The number of aromatic nitrogens is 2. The first-order valence-corrected chi connectivity index (χ1v) is 12.2. The molecule has 13 heteroatoms. The number of nitrogens with one attached hydrogen (secondary N) is 3. The number of unbranched alkanes of at least 4 members (excludes halogenated alkanes) is 2. The molecular weight excluding hydrogens is 504 g/mol. The van der Waals surface area contributed by atoms with Crippen LogP contribution in [0.25, 0.3) is 0 Å². The third-order valence-corrected chi connectivity index (χ3v) is 5.87. The normalized spacial score (nSPS) is 11.4. The molecule has 1 amide bonds. The largest absolute Gasteiger partial charge is 0.394 e. The first-order chi connectivity index (χ1) is 15.2. The third kappa shape index (κ3) is 8.67. The second-order valence-electron chi connectivity index (χ2n) is 6.95. The molecule has 1 aromatic carbocycles. The van der Waals surface area contributed by atoms with Crippen LogP contribution in [0.2, 0.25) is 0 Å². The molecule has 2 aromatic rings. The number of aliphatic hydroxyl groups excluding tert-OH is 2. The molecule has 0 aliphatic heterocycles. The van der Waals surface area contributed by atoms with Crippen molar-refractivity contribution in [3.63, 3.8) is 0 Å². The van der Waals surface area contributed by atoms with Gasteiger partial charge in [-0.2, -0.15) is 4.98 Å². The molecule has 0 radical (unpaired) electrons. The molecule has 0 fully saturated rings. The van der Waals surface area contributed by atoms with Gasteiger partial charge in [0.25, 0.3) is 0 Å². The fourth-order valence-electron chi connectivity index (χ4n) is 2.65. The predicted octanol–water partition coefficient (Wildman–Crippen LogP) is 1.07. The maximum absolute atomic E-state index is 11.7. The zero-order chi connectivity index (χ0) is 23.6. The van der Waals surface area contributed by atoms with E-state index in [2.05, 4.69) is 41.8 Å². The molecule has 0 aliphatic carbocycles. The van der Waals surface area contributed by atoms with Crippen LogP contribution < -0.4 is 21.1 Å². The quantitative estimate of drug-likeness (QED) is 0.206. The van der Waals surface area contributed by atoms with Crippen LogP contribution in [0.15, 0.2) is 39.8 Å². The van der Waals surface area contributed by atoms with E-state index >= 15 is 0 Å². The van der Waals surface area contributed by atoms with Crippen LogP contribution >= 0.6 is 15.9 Å². The fourth-order valence-corrected chi connectivity index (χ4v) is 3.50. The Morgan fingerprint density at radius 1 is 1.12 bits per heavy atom. The molecule has 7 N–H and O–H groups in total. The number of nitrogens with two attached hydrogens (primary N) is 1. The van der Waals surface area contributed by atoms with Crippen LogP contribution in [-0.4, -0.2) is 60.3 Å². The summed E-state index contributed by atoms with van der Waals surface area (Å²) in [5.41, 5.74) is 0.605. The zero-order valence-electron chi connectivity index (χ0n) is 17.3. The minimum Gasteiger partial charge on any atom is -0.394 e. The van der Waals surface area contributed by atoms with Crippen molar-refractivity contribution in [1.82, 2.24) is 15.3 Å². The summed E-state index contributed by atoms with van der Waals surface area (Å²) in [5, 5.41) is 31.8. The maximum atomic E-state index is 11.7. The Kier molecular flexibility index (Phi) is 10.3. The molecule has 0 saturated heterocycles. The number of hydrogen-bond donors (Lipinski definition) is 6. The molecule has 0 saturated carbocycles. The van der Waals surface area contributed by atoms with E-state index in [0.717, 1.165) is 12.8 Å². The van der Waals surface area contributed by atoms with Crippen molar-refractivity contribution in [3.05, 3.63) is 34.9 Å². The van der Waals surface area contributed by atoms with Gasteiger partial charge in [-0.25, -0.2) is 18.5 Å². The van der Waals surface area contributed by atoms with Gasteiger partial charge in [-0.3, -0.25) is 4.79 Å². The zero-order valence-corrected chi connectivity index (χ0v) is 19.7. The molecule has 0 bridgehead atoms. The van der Waals surface area contributed by atoms with Crippen molar-refractivity contribution in [2.75, 3.05) is 30.4 Å². The monoisotopic (exact) mass is 530 g/mol. The smallest absolute Gasteiger partial charge is 0.238 e. The number of hydrogen-bond acceptors (Lipinski definition) is 9. The summed E-state index contributed by atoms with van der Waals surface area (Å²) >= 11 is 3.40. The Morgan fingerprint density at radius 3 is 2.44 bits per heavy atom. The van der Waals surface area contributed by atoms with E-state index in [4.69, 9.17) is 15.4 Å². The number of sulfonamides is 1. The number of carbonyl (C=O) groups is 1. The lowest BCUT2D eigenvalue weighted by atomic mass is 10.2. The highest BCUT2D eigenvalue weighted by Gasteiger charge is 2.10. The highest BCUT2D eigenvalue weighted by Crippen LogP contribution is 2.22. The van der Waals surface area contributed by atoms with Gasteiger partial charge in [0.05, 0.1) is 28.6 Å². The summed E-state index contributed by atoms with van der Waals surface area (Å²) in [4.78, 5) is 20.3. The summed E-state index contributed by atoms with van der Waals surface area (Å²) in [6.07, 6.45) is 4.23. The number of benzene rings is 1. The van der Waals surface area contributed by atoms with E-state index in [1.807, 2.05) is 0 Å². The van der Waals surface area contributed by atoms with Crippen molar-refractivity contribution in [2.45, 2.75) is 36.6 Å². The summed E-state index contributed by atoms with van der Waals surface area (Å²) in [6.45, 7) is 0.0467. The summed E-state index contributed by atoms with van der Waals surface area (Å²) < 4.78 is 23.4. The van der Waals surface area contributed by atoms with Crippen LogP contribution in [0.5, 0.6) is 0 Å². The minimum absolute atomic E-state index is 0.0150. The van der Waals surface area contributed by atoms with Gasteiger partial charge >= 0.3 is 0 Å². The lowest BCUT2D eigenvalue weighted by Crippen LogP contribution is -2.39. The maximum Gasteiger partial charge on any atom is 0.238 e. The molecule has 11 nitrogen and oxygen atoms in total. The fraction of sp³-hybridized carbons (Fsp3) is 0.421. The van der Waals surface area contributed by atoms with E-state index in [-0.39, 0.29) is 24.0 Å². The lowest BCUT2D eigenvalue weighted by molar-refractivity contribution is -0.122. The first-order valence-electron chi connectivity index (χ1n) is 9.90. The van der Waals surface area contributed by atoms with Gasteiger partial charge in [0.15, 0.2) is 0 Å². The Balaban J connectivity index is 1.79. The van der Waals surface area contributed by atoms with E-state index < -0.39 is 16.1 Å². The van der Waals surface area contributed by atoms with Gasteiger partial charge in [-0.15, -0.1) is 0 Å². The molecule has 32 heavy (non-hydrogen) atoms. The molecular formula is C19H27BrN6O5S. The third-order valence-electron chi connectivity index (χ3n) is 4.36. The van der Waals surface area contributed by atoms with Crippen molar-refractivity contribution >= 4 is 49.3 Å². The van der Waals surface area contributed by atoms with Gasteiger partial charge in [0.1, 0.15) is 5.82 Å². The van der Waals surface area contributed by atoms with Crippen molar-refractivity contribution < 1.29 is 23.4 Å². The van der Waals surface area contributed by atoms with Gasteiger partial charge in [0, 0.05) is 24.8 Å². The van der Waals surface area contributed by atoms with Gasteiger partial charge in [-0.05, 0) is 53.0 Å². The van der Waals surface area contributed by atoms with Crippen molar-refractivity contribution in [3.8, 4) is 0 Å². The van der Waals surface area contributed by atoms with Crippen molar-refractivity contribution in [1.29, 1.82) is 0 Å². The standard InChI is InChI=1S/C19H27BrN6O5S/c20-16-10-23-19(25-13-5-7-15(8-6-13)32(21,30)31)26-18(16)22-9-3-1-2-4-17(29)24-14(11-27)12-28/h5-8,10,14,27-28H,1-4,9,11-12H2,(H,24,29)(H2,21,30,31)(H2,22,23,25,26). The Labute approximate surface area is 195 Å². The molecule has 176 valence electrons. The summed E-state index contributed by atoms with van der Waals surface area (Å²) in [7, 11) is -3.75. The van der Waals surface area contributed by atoms with E-state index in [9.17, 15) is 13.2 Å². The lowest BCUT2D eigenvalue weighted by Gasteiger charge is -2.13. The number of aliphatic hydroxyl groups is 2. The summed E-state index contributed by atoms with van der Waals surface area (Å²) in [6, 6.07) is 5.30. The second kappa shape index (κ2) is 12.6. The minimum atomic E-state index is -3.75. The molecule has 0 atom stereocenters. The Bertz CT molecular complexity index is 986. The topological polar surface area (TPSA) is 180 Å². The van der Waals surface area contributed by atoms with E-state index in [0.29, 0.717) is 41.3 Å². The average Bonchev–Trinajstić information content (AvgIpc) is 2.76. The average molecular weight is 531 g/mol. The first kappa shape index (κ1) is 25.9. The van der Waals surface area contributed by atoms with Crippen LogP contribution in [0.1, 0.15) is 25.7 Å². The molecule has 1 heterocycles. The van der Waals surface area contributed by atoms with Gasteiger partial charge in [-0.1, -0.05) is 6.42 Å². The SMILES string of the molecule is NS(=O)(=O)c1ccc(Nc2ncc(Br)c(NCCCCCC(=O)NC(CO)CO)n2)cc1. The van der Waals surface area contributed by atoms with Crippen molar-refractivity contribution in [2.24, 2.45) is 5.14 Å². The summed E-state index contributed by atoms with van der Waals surface area (Å²) in [5.74, 6) is 0.727. The highest BCUT2D eigenvalue weighted by molar-refractivity contribution is 9.10. The number of carbonyl (C=O) groups excluding carboxylic acids is 1. The van der Waals surface area contributed by atoms with E-state index in [1.165, 1.54) is 12.1 Å². The van der Waals surface area contributed by atoms with Crippen LogP contribution in [0, 0.1) is 0 Å². The predicted molar refractivity (Wildman–Crippen MR) is 124 cm³/mol. The molecule has 0 spiro atoms. The molecule has 1 aromatic heterocycles. The van der Waals surface area contributed by atoms with Gasteiger partial charge < -0.3 is 26.2 Å². The molecule has 0 unspecified atom stereocenters. The van der Waals surface area contributed by atoms with Gasteiger partial charge in [0.2, 0.25) is 21.9 Å². The Morgan fingerprint density at radius 2 is 1.81 bits per heavy atom. The Hall–Kier alpha value is -2.32. The second-order valence-corrected chi connectivity index (χ2v) is 9.37. The van der Waals surface area contributed by atoms with Crippen LogP contribution in [-0.2, 0) is 14.8 Å². The molecule has 0 aliphatic rings.